The molecule has 0 saturated carbocycles. The number of nitrogens with zero attached hydrogens (tertiary/aromatic N) is 1. The molecule has 16 aromatic carbocycles. The average Bonchev–Trinajstić information content (AvgIpc) is 1.49. The lowest BCUT2D eigenvalue weighted by molar-refractivity contribution is 0.399. The van der Waals surface area contributed by atoms with Crippen LogP contribution in [0, 0.1) is 6.92 Å². The molecule has 726 valence electrons. The molecule has 145 heavy (non-hydrogen) atoms. The Morgan fingerprint density at radius 3 is 0.945 bits per heavy atom. The van der Waals surface area contributed by atoms with E-state index in [0.717, 1.165) is 55.7 Å². The Bertz CT molecular complexity index is 8270. The van der Waals surface area contributed by atoms with E-state index in [2.05, 4.69) is 400 Å². The lowest BCUT2D eigenvalue weighted by Gasteiger charge is -2.33. The number of hydrogen-bond donors (Lipinski definition) is 0. The second kappa shape index (κ2) is 35.4. The van der Waals surface area contributed by atoms with E-state index in [1.165, 1.54) is 343 Å². The van der Waals surface area contributed by atoms with Gasteiger partial charge in [0.1, 0.15) is 22.3 Å². The van der Waals surface area contributed by atoms with E-state index in [9.17, 15) is 0 Å². The van der Waals surface area contributed by atoms with Crippen LogP contribution in [0.25, 0.3) is 166 Å². The molecule has 7 aliphatic rings. The summed E-state index contributed by atoms with van der Waals surface area (Å²) in [6.07, 6.45) is 30.8. The average molecular weight is 1890 g/mol. The van der Waals surface area contributed by atoms with Gasteiger partial charge in [0.2, 0.25) is 0 Å². The Kier molecular flexibility index (Phi) is 22.7. The van der Waals surface area contributed by atoms with Crippen LogP contribution in [0.2, 0.25) is 0 Å². The van der Waals surface area contributed by atoms with Gasteiger partial charge in [0.15, 0.2) is 0 Å². The predicted molar refractivity (Wildman–Crippen MR) is 616 cm³/mol. The zero-order valence-electron chi connectivity index (χ0n) is 88.4. The third-order valence-corrected chi connectivity index (χ3v) is 37.1. The summed E-state index contributed by atoms with van der Waals surface area (Å²) in [4.78, 5) is 2.54. The standard InChI is InChI=1S/C142H141NO2/c1-16-20-24-28-40-74-141(75-41-29-25-21-17-2)113-48-36-32-44-99(113)105-68-57-93(82-122(105)141)90-55-66-102-101-65-54-89(78-115(101)136(6,7)116(102)79-90)92-59-71-109-119(81-92)139(12,13)133-131(109)135-130(111-47-35-39-51-126(111)145-135)128-108-73-64-98(86-121(108)140(14,15)132(128)133)143(96-61-52-88(5)53-62-96)97-63-72-107-120(85-97)138(10,11)124-87-112(134-129(127(107)124)110-46-34-38-50-125(110)144-134)95-60-70-104-103-67-56-91(80-117(103)137(8,9)118(104)84-95)94-58-69-106-100-45-33-37-49-114(100)142(123(106)83-94,76-42-30-26-22-18-3)77-43-31-27-23-19-4/h32-39,44-73,78-87H,16-31,40-43,74-77H2,1-15H3. The van der Waals surface area contributed by atoms with Crippen molar-refractivity contribution in [2.75, 3.05) is 4.90 Å². The molecule has 2 heterocycles. The van der Waals surface area contributed by atoms with E-state index in [1.54, 1.807) is 22.3 Å². The number of fused-ring (bicyclic) bond motifs is 31. The third kappa shape index (κ3) is 14.3. The number of anilines is 3. The summed E-state index contributed by atoms with van der Waals surface area (Å²) in [5.41, 5.74) is 55.3. The van der Waals surface area contributed by atoms with Gasteiger partial charge in [-0.2, -0.15) is 0 Å². The molecular weight excluding hydrogens is 1750 g/mol. The molecule has 0 fully saturated rings. The normalized spacial score (nSPS) is 15.8. The number of furan rings is 2. The van der Waals surface area contributed by atoms with Crippen LogP contribution in [0.4, 0.5) is 17.1 Å². The Hall–Kier alpha value is -13.1. The summed E-state index contributed by atoms with van der Waals surface area (Å²) >= 11 is 0. The zero-order valence-corrected chi connectivity index (χ0v) is 88.4. The number of hydrogen-bond acceptors (Lipinski definition) is 3. The first kappa shape index (κ1) is 93.0. The van der Waals surface area contributed by atoms with Crippen molar-refractivity contribution in [1.82, 2.24) is 0 Å². The van der Waals surface area contributed by atoms with E-state index in [1.807, 2.05) is 0 Å². The molecule has 0 aliphatic heterocycles. The molecule has 0 saturated heterocycles. The van der Waals surface area contributed by atoms with Crippen molar-refractivity contribution in [3.63, 3.8) is 0 Å². The van der Waals surface area contributed by atoms with Gasteiger partial charge in [-0.1, -0.05) is 425 Å². The quantitative estimate of drug-likeness (QED) is 0.0406. The summed E-state index contributed by atoms with van der Waals surface area (Å²) in [6.45, 7) is 36.4. The van der Waals surface area contributed by atoms with Gasteiger partial charge in [0, 0.05) is 87.6 Å². The van der Waals surface area contributed by atoms with Crippen LogP contribution >= 0.6 is 0 Å². The highest BCUT2D eigenvalue weighted by atomic mass is 16.3. The Balaban J connectivity index is 0.538. The molecule has 0 radical (unpaired) electrons. The number of benzene rings is 16. The number of aryl methyl sites for hydroxylation is 1. The van der Waals surface area contributed by atoms with Crippen molar-refractivity contribution in [1.29, 1.82) is 0 Å². The van der Waals surface area contributed by atoms with Gasteiger partial charge >= 0.3 is 0 Å². The second-order valence-electron chi connectivity index (χ2n) is 47.4. The predicted octanol–water partition coefficient (Wildman–Crippen LogP) is 41.4. The number of unbranched alkanes of at least 4 members (excludes halogenated alkanes) is 16. The maximum Gasteiger partial charge on any atom is 0.144 e. The molecule has 25 rings (SSSR count). The van der Waals surface area contributed by atoms with Crippen molar-refractivity contribution in [3.05, 3.63) is 375 Å². The molecule has 0 atom stereocenters. The summed E-state index contributed by atoms with van der Waals surface area (Å²) in [5, 5.41) is 4.70. The van der Waals surface area contributed by atoms with E-state index in [4.69, 9.17) is 8.83 Å². The number of rotatable bonds is 31. The second-order valence-corrected chi connectivity index (χ2v) is 47.4. The van der Waals surface area contributed by atoms with E-state index < -0.39 is 16.2 Å². The smallest absolute Gasteiger partial charge is 0.144 e. The fraction of sp³-hybridized carbons (Fsp3) is 0.324. The molecule has 18 aromatic rings. The van der Waals surface area contributed by atoms with Crippen molar-refractivity contribution < 1.29 is 8.83 Å². The molecular formula is C142H141NO2. The van der Waals surface area contributed by atoms with Crippen LogP contribution in [0.1, 0.15) is 334 Å². The van der Waals surface area contributed by atoms with E-state index >= 15 is 0 Å². The lowest BCUT2D eigenvalue weighted by Crippen LogP contribution is -2.25. The highest BCUT2D eigenvalue weighted by Gasteiger charge is 2.52. The van der Waals surface area contributed by atoms with E-state index in [-0.39, 0.29) is 21.7 Å². The van der Waals surface area contributed by atoms with Gasteiger partial charge in [-0.15, -0.1) is 0 Å². The molecule has 0 N–H and O–H groups in total. The van der Waals surface area contributed by atoms with Crippen LogP contribution in [0.3, 0.4) is 0 Å². The molecule has 2 aromatic heterocycles. The molecule has 7 aliphatic carbocycles. The Labute approximate surface area is 861 Å². The van der Waals surface area contributed by atoms with Crippen molar-refractivity contribution in [2.45, 2.75) is 296 Å². The first-order chi connectivity index (χ1) is 70.4. The van der Waals surface area contributed by atoms with Crippen LogP contribution < -0.4 is 4.90 Å². The molecule has 0 unspecified atom stereocenters. The highest BCUT2D eigenvalue weighted by Crippen LogP contribution is 2.67. The van der Waals surface area contributed by atoms with Gasteiger partial charge < -0.3 is 13.7 Å². The molecule has 3 nitrogen and oxygen atoms in total. The minimum atomic E-state index is -0.442. The first-order valence-corrected chi connectivity index (χ1v) is 55.8. The van der Waals surface area contributed by atoms with Crippen molar-refractivity contribution in [3.8, 4) is 122 Å². The maximum atomic E-state index is 7.41. The molecule has 0 spiro atoms. The minimum absolute atomic E-state index is 0.0192. The lowest BCUT2D eigenvalue weighted by atomic mass is 9.70. The molecule has 3 heteroatoms. The number of para-hydroxylation sites is 2. The fourth-order valence-corrected chi connectivity index (χ4v) is 29.3. The summed E-state index contributed by atoms with van der Waals surface area (Å²) in [5.74, 6) is 0. The van der Waals surface area contributed by atoms with Crippen LogP contribution in [-0.4, -0.2) is 0 Å². The third-order valence-electron chi connectivity index (χ3n) is 37.1. The van der Waals surface area contributed by atoms with Crippen molar-refractivity contribution >= 4 is 60.9 Å². The summed E-state index contributed by atoms with van der Waals surface area (Å²) < 4.78 is 14.7. The highest BCUT2D eigenvalue weighted by molar-refractivity contribution is 6.22. The first-order valence-electron chi connectivity index (χ1n) is 55.8. The molecule has 0 bridgehead atoms. The van der Waals surface area contributed by atoms with Gasteiger partial charge in [-0.3, -0.25) is 0 Å². The van der Waals surface area contributed by atoms with Crippen LogP contribution in [0.5, 0.6) is 0 Å². The minimum Gasteiger partial charge on any atom is -0.455 e. The van der Waals surface area contributed by atoms with Gasteiger partial charge in [-0.05, 0) is 319 Å². The fourth-order valence-electron chi connectivity index (χ4n) is 29.3. The van der Waals surface area contributed by atoms with Crippen LogP contribution in [-0.2, 0) is 37.9 Å². The zero-order chi connectivity index (χ0) is 99.1. The van der Waals surface area contributed by atoms with Crippen LogP contribution in [0.15, 0.2) is 300 Å². The monoisotopic (exact) mass is 1890 g/mol. The SMILES string of the molecule is CCCCCCCC1(CCCCCCC)c2ccccc2-c2ccc(-c3ccc4c(c3)C(C)(C)c3cc(-c5ccc6c(c5)C(C)(C)c5c7c(c8c(oc9ccccc98)c5-6)-c5ccc(N(c6ccc(C)cc6)c6ccc8c(c6)C(C)(C)c6cc(-c9ccc%10c(c9)C(C)(C)c9cc(-c%11ccc%12c(c%11)C(CCCCCCC)(CCCCCCC)c%11ccccc%11-%12)ccc9-%10)c9oc%10ccccc%10c9c6-8)cc5C7(C)C)ccc3-4)cc21. The topological polar surface area (TPSA) is 29.5 Å². The summed E-state index contributed by atoms with van der Waals surface area (Å²) in [6, 6.07) is 115. The Morgan fingerprint density at radius 1 is 0.214 bits per heavy atom. The van der Waals surface area contributed by atoms with Crippen molar-refractivity contribution in [2.24, 2.45) is 0 Å². The summed E-state index contributed by atoms with van der Waals surface area (Å²) in [7, 11) is 0. The Morgan fingerprint density at radius 2 is 0.510 bits per heavy atom. The van der Waals surface area contributed by atoms with Gasteiger partial charge in [0.05, 0.1) is 0 Å². The molecule has 0 amide bonds. The van der Waals surface area contributed by atoms with E-state index in [0.29, 0.717) is 0 Å². The van der Waals surface area contributed by atoms with Gasteiger partial charge in [0.25, 0.3) is 0 Å². The largest absolute Gasteiger partial charge is 0.455 e. The van der Waals surface area contributed by atoms with Gasteiger partial charge in [-0.25, -0.2) is 0 Å². The maximum absolute atomic E-state index is 7.41.